The van der Waals surface area contributed by atoms with Gasteiger partial charge in [0.25, 0.3) is 0 Å². The second-order valence-electron chi connectivity index (χ2n) is 4.64. The molecule has 98 valence electrons. The molecule has 0 N–H and O–H groups in total. The largest absolute Gasteiger partial charge is 0.354 e. The van der Waals surface area contributed by atoms with Crippen molar-refractivity contribution in [2.45, 2.75) is 26.3 Å². The van der Waals surface area contributed by atoms with Crippen molar-refractivity contribution in [1.29, 1.82) is 0 Å². The van der Waals surface area contributed by atoms with Crippen molar-refractivity contribution in [1.82, 2.24) is 9.88 Å². The second kappa shape index (κ2) is 5.96. The van der Waals surface area contributed by atoms with E-state index in [1.807, 2.05) is 12.1 Å². The van der Waals surface area contributed by atoms with Gasteiger partial charge in [-0.25, -0.2) is 4.98 Å². The molecular weight excluding hydrogens is 226 g/mol. The van der Waals surface area contributed by atoms with Crippen LogP contribution in [0, 0.1) is 0 Å². The molecule has 1 atom stereocenters. The minimum absolute atomic E-state index is 0.585. The lowest BCUT2D eigenvalue weighted by atomic mass is 10.2. The van der Waals surface area contributed by atoms with E-state index in [0.29, 0.717) is 11.6 Å². The lowest BCUT2D eigenvalue weighted by Gasteiger charge is -2.26. The lowest BCUT2D eigenvalue weighted by Crippen LogP contribution is -2.37. The SMILES string of the molecule is CCN(CC)C1CCN(c2ncccc2C=O)C1. The van der Waals surface area contributed by atoms with E-state index in [2.05, 4.69) is 28.6 Å². The van der Waals surface area contributed by atoms with Gasteiger partial charge in [0.1, 0.15) is 5.82 Å². The van der Waals surface area contributed by atoms with Crippen LogP contribution in [0.1, 0.15) is 30.6 Å². The maximum atomic E-state index is 11.0. The maximum Gasteiger partial charge on any atom is 0.153 e. The molecule has 1 aliphatic rings. The summed E-state index contributed by atoms with van der Waals surface area (Å²) in [6.45, 7) is 8.52. The normalized spacial score (nSPS) is 19.5. The molecular formula is C14H21N3O. The zero-order valence-corrected chi connectivity index (χ0v) is 11.2. The number of nitrogens with zero attached hydrogens (tertiary/aromatic N) is 3. The van der Waals surface area contributed by atoms with Crippen LogP contribution in [-0.4, -0.2) is 48.4 Å². The smallest absolute Gasteiger partial charge is 0.153 e. The summed E-state index contributed by atoms with van der Waals surface area (Å²) in [5.41, 5.74) is 0.692. The van der Waals surface area contributed by atoms with Crippen LogP contribution in [0.4, 0.5) is 5.82 Å². The maximum absolute atomic E-state index is 11.0. The van der Waals surface area contributed by atoms with Crippen molar-refractivity contribution in [3.8, 4) is 0 Å². The van der Waals surface area contributed by atoms with E-state index in [0.717, 1.165) is 44.7 Å². The summed E-state index contributed by atoms with van der Waals surface area (Å²) in [6, 6.07) is 4.23. The van der Waals surface area contributed by atoms with Gasteiger partial charge in [-0.05, 0) is 31.6 Å². The summed E-state index contributed by atoms with van der Waals surface area (Å²) in [4.78, 5) is 20.1. The number of carbonyl (C=O) groups is 1. The number of aromatic nitrogens is 1. The van der Waals surface area contributed by atoms with Crippen molar-refractivity contribution >= 4 is 12.1 Å². The third kappa shape index (κ3) is 2.53. The fraction of sp³-hybridized carbons (Fsp3) is 0.571. The number of pyridine rings is 1. The van der Waals surface area contributed by atoms with Gasteiger partial charge in [0, 0.05) is 25.3 Å². The molecule has 1 saturated heterocycles. The fourth-order valence-corrected chi connectivity index (χ4v) is 2.74. The summed E-state index contributed by atoms with van der Waals surface area (Å²) in [7, 11) is 0. The lowest BCUT2D eigenvalue weighted by molar-refractivity contribution is 0.112. The van der Waals surface area contributed by atoms with Gasteiger partial charge in [-0.1, -0.05) is 13.8 Å². The molecule has 1 aromatic rings. The molecule has 2 rings (SSSR count). The predicted molar refractivity (Wildman–Crippen MR) is 73.2 cm³/mol. The van der Waals surface area contributed by atoms with Crippen LogP contribution in [0.5, 0.6) is 0 Å². The molecule has 2 heterocycles. The van der Waals surface area contributed by atoms with Crippen molar-refractivity contribution in [3.63, 3.8) is 0 Å². The van der Waals surface area contributed by atoms with E-state index in [1.165, 1.54) is 0 Å². The third-order valence-corrected chi connectivity index (χ3v) is 3.74. The Hall–Kier alpha value is -1.42. The highest BCUT2D eigenvalue weighted by molar-refractivity contribution is 5.82. The monoisotopic (exact) mass is 247 g/mol. The van der Waals surface area contributed by atoms with Crippen LogP contribution in [-0.2, 0) is 0 Å². The zero-order valence-electron chi connectivity index (χ0n) is 11.2. The molecule has 0 radical (unpaired) electrons. The Morgan fingerprint density at radius 1 is 1.50 bits per heavy atom. The first-order valence-corrected chi connectivity index (χ1v) is 6.69. The Labute approximate surface area is 109 Å². The van der Waals surface area contributed by atoms with Crippen molar-refractivity contribution in [2.24, 2.45) is 0 Å². The molecule has 4 nitrogen and oxygen atoms in total. The minimum atomic E-state index is 0.585. The van der Waals surface area contributed by atoms with Crippen molar-refractivity contribution in [2.75, 3.05) is 31.1 Å². The van der Waals surface area contributed by atoms with Gasteiger partial charge in [-0.3, -0.25) is 9.69 Å². The van der Waals surface area contributed by atoms with E-state index in [9.17, 15) is 4.79 Å². The molecule has 1 unspecified atom stereocenters. The number of anilines is 1. The van der Waals surface area contributed by atoms with Gasteiger partial charge in [0.05, 0.1) is 5.56 Å². The summed E-state index contributed by atoms with van der Waals surface area (Å²) in [6.07, 6.45) is 3.80. The van der Waals surface area contributed by atoms with Gasteiger partial charge in [0.15, 0.2) is 6.29 Å². The van der Waals surface area contributed by atoms with E-state index in [-0.39, 0.29) is 0 Å². The highest BCUT2D eigenvalue weighted by Crippen LogP contribution is 2.23. The quantitative estimate of drug-likeness (QED) is 0.744. The Kier molecular flexibility index (Phi) is 4.31. The molecule has 0 amide bonds. The van der Waals surface area contributed by atoms with E-state index in [4.69, 9.17) is 0 Å². The molecule has 4 heteroatoms. The molecule has 1 aliphatic heterocycles. The molecule has 0 aliphatic carbocycles. The third-order valence-electron chi connectivity index (χ3n) is 3.74. The van der Waals surface area contributed by atoms with Crippen molar-refractivity contribution in [3.05, 3.63) is 23.9 Å². The number of aldehydes is 1. The first-order valence-electron chi connectivity index (χ1n) is 6.69. The van der Waals surface area contributed by atoms with Gasteiger partial charge in [-0.15, -0.1) is 0 Å². The van der Waals surface area contributed by atoms with Gasteiger partial charge < -0.3 is 4.90 Å². The standard InChI is InChI=1S/C14H21N3O/c1-3-16(4-2)13-7-9-17(10-13)14-12(11-18)6-5-8-15-14/h5-6,8,11,13H,3-4,7,9-10H2,1-2H3. The number of carbonyl (C=O) groups excluding carboxylic acids is 1. The number of hydrogen-bond donors (Lipinski definition) is 0. The summed E-state index contributed by atoms with van der Waals surface area (Å²) in [5, 5.41) is 0. The minimum Gasteiger partial charge on any atom is -0.354 e. The van der Waals surface area contributed by atoms with Gasteiger partial charge >= 0.3 is 0 Å². The van der Waals surface area contributed by atoms with Crippen LogP contribution in [0.15, 0.2) is 18.3 Å². The molecule has 0 saturated carbocycles. The first kappa shape index (κ1) is 13.0. The molecule has 0 spiro atoms. The molecule has 0 aromatic carbocycles. The predicted octanol–water partition coefficient (Wildman–Crippen LogP) is 1.81. The summed E-state index contributed by atoms with van der Waals surface area (Å²) in [5.74, 6) is 0.835. The second-order valence-corrected chi connectivity index (χ2v) is 4.64. The number of likely N-dealkylation sites (N-methyl/N-ethyl adjacent to an activating group) is 1. The van der Waals surface area contributed by atoms with Gasteiger partial charge in [-0.2, -0.15) is 0 Å². The van der Waals surface area contributed by atoms with Crippen LogP contribution in [0.3, 0.4) is 0 Å². The topological polar surface area (TPSA) is 36.4 Å². The van der Waals surface area contributed by atoms with Crippen LogP contribution >= 0.6 is 0 Å². The Balaban J connectivity index is 2.10. The van der Waals surface area contributed by atoms with Crippen LogP contribution < -0.4 is 4.90 Å². The van der Waals surface area contributed by atoms with E-state index in [1.54, 1.807) is 6.20 Å². The Bertz CT molecular complexity index is 404. The summed E-state index contributed by atoms with van der Waals surface area (Å²) >= 11 is 0. The fourth-order valence-electron chi connectivity index (χ4n) is 2.74. The van der Waals surface area contributed by atoms with Crippen LogP contribution in [0.2, 0.25) is 0 Å². The highest BCUT2D eigenvalue weighted by atomic mass is 16.1. The van der Waals surface area contributed by atoms with Crippen molar-refractivity contribution < 1.29 is 4.79 Å². The Morgan fingerprint density at radius 3 is 2.94 bits per heavy atom. The summed E-state index contributed by atoms with van der Waals surface area (Å²) < 4.78 is 0. The molecule has 1 fully saturated rings. The number of hydrogen-bond acceptors (Lipinski definition) is 4. The van der Waals surface area contributed by atoms with E-state index >= 15 is 0 Å². The Morgan fingerprint density at radius 2 is 2.28 bits per heavy atom. The highest BCUT2D eigenvalue weighted by Gasteiger charge is 2.27. The number of rotatable bonds is 5. The van der Waals surface area contributed by atoms with Gasteiger partial charge in [0.2, 0.25) is 0 Å². The first-order chi connectivity index (χ1) is 8.80. The zero-order chi connectivity index (χ0) is 13.0. The van der Waals surface area contributed by atoms with Crippen LogP contribution in [0.25, 0.3) is 0 Å². The molecule has 1 aromatic heterocycles. The average Bonchev–Trinajstić information content (AvgIpc) is 2.89. The average molecular weight is 247 g/mol. The molecule has 18 heavy (non-hydrogen) atoms. The van der Waals surface area contributed by atoms with E-state index < -0.39 is 0 Å². The molecule has 0 bridgehead atoms.